The maximum Gasteiger partial charge on any atom is 0.268 e. The van der Waals surface area contributed by atoms with Crippen LogP contribution in [0.5, 0.6) is 0 Å². The Balaban J connectivity index is 1.59. The van der Waals surface area contributed by atoms with Crippen molar-refractivity contribution in [3.63, 3.8) is 0 Å². The van der Waals surface area contributed by atoms with Gasteiger partial charge in [0.15, 0.2) is 4.87 Å². The Morgan fingerprint density at radius 2 is 1.90 bits per heavy atom. The second-order valence-electron chi connectivity index (χ2n) is 8.11. The molecule has 2 heterocycles. The van der Waals surface area contributed by atoms with Crippen LogP contribution in [0.15, 0.2) is 42.5 Å². The minimum absolute atomic E-state index is 0.0219. The van der Waals surface area contributed by atoms with Crippen molar-refractivity contribution in [2.45, 2.75) is 37.1 Å². The molecule has 2 aromatic carbocycles. The molecule has 2 amide bonds. The lowest BCUT2D eigenvalue weighted by molar-refractivity contribution is -0.143. The Bertz CT molecular complexity index is 1020. The van der Waals surface area contributed by atoms with E-state index in [1.165, 1.54) is 0 Å². The van der Waals surface area contributed by atoms with Gasteiger partial charge in [0.2, 0.25) is 5.91 Å². The smallest absolute Gasteiger partial charge is 0.268 e. The first-order valence-electron chi connectivity index (χ1n) is 10.3. The maximum absolute atomic E-state index is 14.0. The van der Waals surface area contributed by atoms with E-state index < -0.39 is 4.87 Å². The number of hydrogen-bond donors (Lipinski definition) is 0. The summed E-state index contributed by atoms with van der Waals surface area (Å²) in [7, 11) is 0. The molecular formula is C23H22Cl2N2O2S. The minimum atomic E-state index is -1.03. The van der Waals surface area contributed by atoms with E-state index in [0.29, 0.717) is 23.1 Å². The van der Waals surface area contributed by atoms with Crippen molar-refractivity contribution in [2.75, 3.05) is 17.2 Å². The van der Waals surface area contributed by atoms with Gasteiger partial charge in [-0.3, -0.25) is 9.59 Å². The van der Waals surface area contributed by atoms with Gasteiger partial charge in [0.1, 0.15) is 0 Å². The highest BCUT2D eigenvalue weighted by atomic mass is 35.5. The number of anilines is 1. The van der Waals surface area contributed by atoms with Crippen LogP contribution in [-0.4, -0.2) is 29.0 Å². The first kappa shape index (κ1) is 20.2. The van der Waals surface area contributed by atoms with Crippen molar-refractivity contribution in [1.82, 2.24) is 4.90 Å². The van der Waals surface area contributed by atoms with Crippen LogP contribution in [0.25, 0.3) is 0 Å². The summed E-state index contributed by atoms with van der Waals surface area (Å²) in [6.45, 7) is 0.943. The Morgan fingerprint density at radius 3 is 2.67 bits per heavy atom. The fourth-order valence-corrected chi connectivity index (χ4v) is 6.78. The van der Waals surface area contributed by atoms with Crippen molar-refractivity contribution >= 4 is 52.5 Å². The number of carbonyl (C=O) groups excluding carboxylic acids is 2. The van der Waals surface area contributed by atoms with Gasteiger partial charge in [-0.15, -0.1) is 11.8 Å². The summed E-state index contributed by atoms with van der Waals surface area (Å²) in [6.07, 6.45) is 3.99. The molecule has 1 unspecified atom stereocenters. The molecule has 0 N–H and O–H groups in total. The third kappa shape index (κ3) is 3.05. The Morgan fingerprint density at radius 1 is 1.13 bits per heavy atom. The molecule has 1 atom stereocenters. The van der Waals surface area contributed by atoms with Crippen LogP contribution in [-0.2, 0) is 21.0 Å². The SMILES string of the molecule is O=C(C1CCCC1)N1CCSC12C(=O)N(Cc1ccccc1Cl)c1ccc(Cl)cc12. The molecule has 2 aliphatic heterocycles. The van der Waals surface area contributed by atoms with E-state index in [9.17, 15) is 9.59 Å². The third-order valence-corrected chi connectivity index (χ3v) is 8.44. The number of nitrogens with zero attached hydrogens (tertiary/aromatic N) is 2. The van der Waals surface area contributed by atoms with Crippen LogP contribution in [0.3, 0.4) is 0 Å². The average Bonchev–Trinajstić information content (AvgIpc) is 3.47. The molecule has 1 aliphatic carbocycles. The first-order chi connectivity index (χ1) is 14.5. The lowest BCUT2D eigenvalue weighted by Gasteiger charge is -2.35. The van der Waals surface area contributed by atoms with Crippen molar-refractivity contribution < 1.29 is 9.59 Å². The average molecular weight is 461 g/mol. The molecule has 0 bridgehead atoms. The summed E-state index contributed by atoms with van der Waals surface area (Å²) in [5, 5.41) is 1.20. The summed E-state index contributed by atoms with van der Waals surface area (Å²) < 4.78 is 0. The van der Waals surface area contributed by atoms with Gasteiger partial charge in [0.25, 0.3) is 5.91 Å². The number of hydrogen-bond acceptors (Lipinski definition) is 3. The number of benzene rings is 2. The molecule has 2 fully saturated rings. The van der Waals surface area contributed by atoms with Crippen molar-refractivity contribution in [3.8, 4) is 0 Å². The van der Waals surface area contributed by atoms with E-state index in [2.05, 4.69) is 0 Å². The van der Waals surface area contributed by atoms with Crippen LogP contribution < -0.4 is 4.90 Å². The van der Waals surface area contributed by atoms with Gasteiger partial charge in [-0.1, -0.05) is 54.2 Å². The number of rotatable bonds is 3. The summed E-state index contributed by atoms with van der Waals surface area (Å²) in [5.74, 6) is 0.786. The molecule has 1 saturated heterocycles. The van der Waals surface area contributed by atoms with E-state index >= 15 is 0 Å². The van der Waals surface area contributed by atoms with E-state index in [-0.39, 0.29) is 17.7 Å². The van der Waals surface area contributed by atoms with E-state index in [1.54, 1.807) is 22.7 Å². The molecule has 3 aliphatic rings. The largest absolute Gasteiger partial charge is 0.315 e. The van der Waals surface area contributed by atoms with Gasteiger partial charge in [-0.2, -0.15) is 0 Å². The highest BCUT2D eigenvalue weighted by Crippen LogP contribution is 2.55. The normalized spacial score (nSPS) is 23.6. The quantitative estimate of drug-likeness (QED) is 0.610. The van der Waals surface area contributed by atoms with Gasteiger partial charge < -0.3 is 9.80 Å². The van der Waals surface area contributed by atoms with Gasteiger partial charge >= 0.3 is 0 Å². The number of thioether (sulfide) groups is 1. The summed E-state index contributed by atoms with van der Waals surface area (Å²) in [6, 6.07) is 13.1. The molecule has 7 heteroatoms. The maximum atomic E-state index is 14.0. The number of amides is 2. The van der Waals surface area contributed by atoms with Gasteiger partial charge in [-0.05, 0) is 42.7 Å². The predicted molar refractivity (Wildman–Crippen MR) is 122 cm³/mol. The van der Waals surface area contributed by atoms with Crippen LogP contribution in [0.1, 0.15) is 36.8 Å². The van der Waals surface area contributed by atoms with E-state index in [0.717, 1.165) is 48.3 Å². The monoisotopic (exact) mass is 460 g/mol. The Kier molecular flexibility index (Phi) is 5.24. The highest BCUT2D eigenvalue weighted by Gasteiger charge is 2.60. The second-order valence-corrected chi connectivity index (χ2v) is 10.2. The molecule has 0 radical (unpaired) electrons. The molecule has 30 heavy (non-hydrogen) atoms. The summed E-state index contributed by atoms with van der Waals surface area (Å²) in [4.78, 5) is 30.0. The number of fused-ring (bicyclic) bond motifs is 2. The second kappa shape index (κ2) is 7.77. The van der Waals surface area contributed by atoms with E-state index in [4.69, 9.17) is 23.2 Å². The highest BCUT2D eigenvalue weighted by molar-refractivity contribution is 8.01. The third-order valence-electron chi connectivity index (χ3n) is 6.41. The molecule has 4 nitrogen and oxygen atoms in total. The molecule has 2 aromatic rings. The Hall–Kier alpha value is -1.69. The number of halogens is 2. The zero-order valence-corrected chi connectivity index (χ0v) is 18.8. The fourth-order valence-electron chi connectivity index (χ4n) is 4.96. The lowest BCUT2D eigenvalue weighted by Crippen LogP contribution is -2.51. The lowest BCUT2D eigenvalue weighted by atomic mass is 10.0. The molecule has 156 valence electrons. The molecule has 5 rings (SSSR count). The van der Waals surface area contributed by atoms with Crippen LogP contribution in [0.4, 0.5) is 5.69 Å². The van der Waals surface area contributed by atoms with Crippen LogP contribution in [0.2, 0.25) is 10.0 Å². The topological polar surface area (TPSA) is 40.6 Å². The molecular weight excluding hydrogens is 439 g/mol. The molecule has 1 saturated carbocycles. The number of carbonyl (C=O) groups is 2. The minimum Gasteiger partial charge on any atom is -0.315 e. The standard InChI is InChI=1S/C23H22Cl2N2O2S/c24-17-9-10-20-18(13-17)23(22(29)26(20)14-16-7-3-4-8-19(16)25)27(11-12-30-23)21(28)15-5-1-2-6-15/h3-4,7-10,13,15H,1-2,5-6,11-12,14H2. The van der Waals surface area contributed by atoms with Crippen molar-refractivity contribution in [2.24, 2.45) is 5.92 Å². The van der Waals surface area contributed by atoms with Crippen LogP contribution >= 0.6 is 35.0 Å². The Labute approximate surface area is 190 Å². The predicted octanol–water partition coefficient (Wildman–Crippen LogP) is 5.46. The van der Waals surface area contributed by atoms with Gasteiger partial charge in [-0.25, -0.2) is 0 Å². The van der Waals surface area contributed by atoms with Crippen molar-refractivity contribution in [1.29, 1.82) is 0 Å². The molecule has 1 spiro atoms. The zero-order chi connectivity index (χ0) is 20.9. The zero-order valence-electron chi connectivity index (χ0n) is 16.4. The summed E-state index contributed by atoms with van der Waals surface area (Å²) >= 11 is 14.3. The van der Waals surface area contributed by atoms with Gasteiger partial charge in [0.05, 0.1) is 12.2 Å². The van der Waals surface area contributed by atoms with Gasteiger partial charge in [0, 0.05) is 33.8 Å². The first-order valence-corrected chi connectivity index (χ1v) is 12.1. The molecule has 0 aromatic heterocycles. The fraction of sp³-hybridized carbons (Fsp3) is 0.391. The van der Waals surface area contributed by atoms with E-state index in [1.807, 2.05) is 41.3 Å². The van der Waals surface area contributed by atoms with Crippen LogP contribution in [0, 0.1) is 5.92 Å². The summed E-state index contributed by atoms with van der Waals surface area (Å²) in [5.41, 5.74) is 2.51. The van der Waals surface area contributed by atoms with Crippen molar-refractivity contribution in [3.05, 3.63) is 63.6 Å².